The van der Waals surface area contributed by atoms with Gasteiger partial charge in [0, 0.05) is 38.2 Å². The lowest BCUT2D eigenvalue weighted by atomic mass is 10.1. The monoisotopic (exact) mass is 229 g/mol. The summed E-state index contributed by atoms with van der Waals surface area (Å²) < 4.78 is 0. The first-order valence-corrected chi connectivity index (χ1v) is 6.43. The van der Waals surface area contributed by atoms with Crippen LogP contribution in [0.15, 0.2) is 29.4 Å². The fourth-order valence-electron chi connectivity index (χ4n) is 2.57. The fraction of sp³-hybridized carbons (Fsp3) is 0.500. The molecule has 0 saturated carbocycles. The Morgan fingerprint density at radius 3 is 2.59 bits per heavy atom. The molecule has 0 N–H and O–H groups in total. The zero-order valence-electron chi connectivity index (χ0n) is 10.4. The third kappa shape index (κ3) is 2.20. The standard InChI is InChI=1S/C14H19N3/c1-16-9-7-13(8-10-16)15-17-11-6-12-4-2-3-5-14(12)17/h2-5H,6-11H2,1H3. The molecule has 2 heterocycles. The van der Waals surface area contributed by atoms with Gasteiger partial charge in [-0.3, -0.25) is 5.01 Å². The van der Waals surface area contributed by atoms with Gasteiger partial charge in [0.25, 0.3) is 0 Å². The predicted molar refractivity (Wildman–Crippen MR) is 71.7 cm³/mol. The van der Waals surface area contributed by atoms with Crippen LogP contribution in [-0.4, -0.2) is 37.3 Å². The molecule has 1 aromatic carbocycles. The molecule has 0 aliphatic carbocycles. The minimum Gasteiger partial charge on any atom is -0.306 e. The Kier molecular flexibility index (Phi) is 2.85. The number of benzene rings is 1. The van der Waals surface area contributed by atoms with Gasteiger partial charge in [-0.05, 0) is 25.1 Å². The molecule has 3 rings (SSSR count). The van der Waals surface area contributed by atoms with Crippen molar-refractivity contribution in [3.05, 3.63) is 29.8 Å². The molecule has 3 heteroatoms. The SMILES string of the molecule is CN1CCC(=NN2CCc3ccccc32)CC1. The van der Waals surface area contributed by atoms with Crippen molar-refractivity contribution < 1.29 is 0 Å². The second-order valence-electron chi connectivity index (χ2n) is 4.97. The number of hydrazone groups is 1. The van der Waals surface area contributed by atoms with Gasteiger partial charge in [0.1, 0.15) is 0 Å². The molecule has 90 valence electrons. The number of fused-ring (bicyclic) bond motifs is 1. The van der Waals surface area contributed by atoms with Gasteiger partial charge in [0.2, 0.25) is 0 Å². The van der Waals surface area contributed by atoms with Gasteiger partial charge in [-0.15, -0.1) is 0 Å². The maximum atomic E-state index is 4.83. The van der Waals surface area contributed by atoms with Crippen molar-refractivity contribution in [2.45, 2.75) is 19.3 Å². The van der Waals surface area contributed by atoms with Crippen molar-refractivity contribution in [3.8, 4) is 0 Å². The molecule has 0 bridgehead atoms. The first-order chi connectivity index (χ1) is 8.33. The number of hydrogen-bond donors (Lipinski definition) is 0. The summed E-state index contributed by atoms with van der Waals surface area (Å²) in [7, 11) is 2.18. The summed E-state index contributed by atoms with van der Waals surface area (Å²) in [6, 6.07) is 8.61. The molecular weight excluding hydrogens is 210 g/mol. The Morgan fingerprint density at radius 1 is 1.00 bits per heavy atom. The van der Waals surface area contributed by atoms with E-state index in [1.54, 1.807) is 0 Å². The van der Waals surface area contributed by atoms with Crippen LogP contribution in [0, 0.1) is 0 Å². The summed E-state index contributed by atoms with van der Waals surface area (Å²) in [6.07, 6.45) is 3.37. The molecule has 0 atom stereocenters. The lowest BCUT2D eigenvalue weighted by Crippen LogP contribution is -2.31. The molecule has 0 radical (unpaired) electrons. The Bertz CT molecular complexity index is 429. The predicted octanol–water partition coefficient (Wildman–Crippen LogP) is 2.13. The van der Waals surface area contributed by atoms with Crippen molar-refractivity contribution in [3.63, 3.8) is 0 Å². The molecule has 0 unspecified atom stereocenters. The topological polar surface area (TPSA) is 18.8 Å². The molecular formula is C14H19N3. The number of likely N-dealkylation sites (tertiary alicyclic amines) is 1. The number of nitrogens with zero attached hydrogens (tertiary/aromatic N) is 3. The summed E-state index contributed by atoms with van der Waals surface area (Å²) in [5, 5.41) is 7.02. The van der Waals surface area contributed by atoms with Crippen LogP contribution in [0.5, 0.6) is 0 Å². The van der Waals surface area contributed by atoms with Gasteiger partial charge in [-0.25, -0.2) is 0 Å². The van der Waals surface area contributed by atoms with Gasteiger partial charge in [-0.1, -0.05) is 18.2 Å². The van der Waals surface area contributed by atoms with Gasteiger partial charge in [0.05, 0.1) is 5.69 Å². The highest BCUT2D eigenvalue weighted by Gasteiger charge is 2.19. The van der Waals surface area contributed by atoms with E-state index in [0.29, 0.717) is 0 Å². The number of rotatable bonds is 1. The van der Waals surface area contributed by atoms with E-state index < -0.39 is 0 Å². The van der Waals surface area contributed by atoms with E-state index >= 15 is 0 Å². The smallest absolute Gasteiger partial charge is 0.0626 e. The first-order valence-electron chi connectivity index (χ1n) is 6.43. The van der Waals surface area contributed by atoms with E-state index in [2.05, 4.69) is 41.2 Å². The summed E-state index contributed by atoms with van der Waals surface area (Å²) in [4.78, 5) is 2.37. The maximum Gasteiger partial charge on any atom is 0.0626 e. The van der Waals surface area contributed by atoms with Crippen LogP contribution in [-0.2, 0) is 6.42 Å². The summed E-state index contributed by atoms with van der Waals surface area (Å²) in [5.41, 5.74) is 4.10. The Morgan fingerprint density at radius 2 is 1.76 bits per heavy atom. The summed E-state index contributed by atoms with van der Waals surface area (Å²) in [5.74, 6) is 0. The van der Waals surface area contributed by atoms with E-state index in [1.807, 2.05) is 0 Å². The number of para-hydroxylation sites is 1. The largest absolute Gasteiger partial charge is 0.306 e. The molecule has 1 fully saturated rings. The third-order valence-corrected chi connectivity index (χ3v) is 3.69. The Hall–Kier alpha value is -1.35. The molecule has 0 aromatic heterocycles. The third-order valence-electron chi connectivity index (χ3n) is 3.69. The second-order valence-corrected chi connectivity index (χ2v) is 4.97. The van der Waals surface area contributed by atoms with Crippen LogP contribution in [0.1, 0.15) is 18.4 Å². The van der Waals surface area contributed by atoms with Crippen molar-refractivity contribution >= 4 is 11.4 Å². The average Bonchev–Trinajstić information content (AvgIpc) is 2.76. The highest BCUT2D eigenvalue weighted by atomic mass is 15.5. The second kappa shape index (κ2) is 4.49. The van der Waals surface area contributed by atoms with Gasteiger partial charge in [0.15, 0.2) is 0 Å². The lowest BCUT2D eigenvalue weighted by molar-refractivity contribution is 0.335. The lowest BCUT2D eigenvalue weighted by Gasteiger charge is -2.24. The average molecular weight is 229 g/mol. The normalized spacial score (nSPS) is 20.5. The molecule has 2 aliphatic rings. The quantitative estimate of drug-likeness (QED) is 0.734. The van der Waals surface area contributed by atoms with Crippen molar-refractivity contribution in [1.82, 2.24) is 4.90 Å². The van der Waals surface area contributed by atoms with Crippen LogP contribution < -0.4 is 5.01 Å². The van der Waals surface area contributed by atoms with Crippen LogP contribution >= 0.6 is 0 Å². The molecule has 17 heavy (non-hydrogen) atoms. The summed E-state index contributed by atoms with van der Waals surface area (Å²) in [6.45, 7) is 3.33. The highest BCUT2D eigenvalue weighted by Crippen LogP contribution is 2.28. The zero-order chi connectivity index (χ0) is 11.7. The summed E-state index contributed by atoms with van der Waals surface area (Å²) >= 11 is 0. The van der Waals surface area contributed by atoms with E-state index in [-0.39, 0.29) is 0 Å². The molecule has 0 amide bonds. The molecule has 2 aliphatic heterocycles. The Labute approximate surface area is 103 Å². The number of hydrogen-bond acceptors (Lipinski definition) is 3. The van der Waals surface area contributed by atoms with Gasteiger partial charge >= 0.3 is 0 Å². The van der Waals surface area contributed by atoms with Crippen molar-refractivity contribution in [1.29, 1.82) is 0 Å². The van der Waals surface area contributed by atoms with Crippen LogP contribution in [0.2, 0.25) is 0 Å². The maximum absolute atomic E-state index is 4.83. The Balaban J connectivity index is 1.77. The fourth-order valence-corrected chi connectivity index (χ4v) is 2.57. The van der Waals surface area contributed by atoms with Gasteiger partial charge in [-0.2, -0.15) is 5.10 Å². The minimum absolute atomic E-state index is 1.04. The molecule has 1 aromatic rings. The van der Waals surface area contributed by atoms with E-state index in [1.165, 1.54) is 17.0 Å². The van der Waals surface area contributed by atoms with Gasteiger partial charge < -0.3 is 4.90 Å². The van der Waals surface area contributed by atoms with E-state index in [0.717, 1.165) is 38.9 Å². The van der Waals surface area contributed by atoms with Crippen LogP contribution in [0.25, 0.3) is 0 Å². The van der Waals surface area contributed by atoms with E-state index in [9.17, 15) is 0 Å². The molecule has 3 nitrogen and oxygen atoms in total. The zero-order valence-corrected chi connectivity index (χ0v) is 10.4. The van der Waals surface area contributed by atoms with Crippen LogP contribution in [0.3, 0.4) is 0 Å². The van der Waals surface area contributed by atoms with Crippen molar-refractivity contribution in [2.75, 3.05) is 31.7 Å². The molecule has 0 spiro atoms. The number of anilines is 1. The van der Waals surface area contributed by atoms with E-state index in [4.69, 9.17) is 5.10 Å². The minimum atomic E-state index is 1.04. The molecule has 1 saturated heterocycles. The highest BCUT2D eigenvalue weighted by molar-refractivity contribution is 5.86. The number of piperidine rings is 1. The first kappa shape index (κ1) is 10.8. The van der Waals surface area contributed by atoms with Crippen LogP contribution in [0.4, 0.5) is 5.69 Å². The van der Waals surface area contributed by atoms with Crippen molar-refractivity contribution in [2.24, 2.45) is 5.10 Å².